The van der Waals surface area contributed by atoms with Crippen LogP contribution in [0.2, 0.25) is 0 Å². The molecule has 0 aromatic heterocycles. The monoisotopic (exact) mass is 153 g/mol. The molecule has 2 rings (SSSR count). The molecule has 2 aliphatic heterocycles. The van der Waals surface area contributed by atoms with E-state index in [0.717, 1.165) is 12.7 Å². The largest absolute Gasteiger partial charge is 0.303 e. The predicted octanol–water partition coefficient (Wildman–Crippen LogP) is 1.20. The summed E-state index contributed by atoms with van der Waals surface area (Å²) in [6.45, 7) is 2.46. The van der Waals surface area contributed by atoms with Crippen LogP contribution in [0, 0.1) is 0 Å². The highest BCUT2D eigenvalue weighted by atomic mass is 16.1. The van der Waals surface area contributed by atoms with Gasteiger partial charge in [0.15, 0.2) is 0 Å². The van der Waals surface area contributed by atoms with Gasteiger partial charge in [-0.3, -0.25) is 4.90 Å². The van der Waals surface area contributed by atoms with E-state index in [4.69, 9.17) is 0 Å². The van der Waals surface area contributed by atoms with E-state index in [9.17, 15) is 4.79 Å². The highest BCUT2D eigenvalue weighted by Gasteiger charge is 2.43. The van der Waals surface area contributed by atoms with E-state index in [-0.39, 0.29) is 0 Å². The van der Waals surface area contributed by atoms with Gasteiger partial charge < -0.3 is 4.79 Å². The third-order valence-electron chi connectivity index (χ3n) is 3.27. The topological polar surface area (TPSA) is 20.3 Å². The second kappa shape index (κ2) is 2.59. The van der Waals surface area contributed by atoms with Gasteiger partial charge >= 0.3 is 0 Å². The van der Waals surface area contributed by atoms with E-state index in [0.29, 0.717) is 5.54 Å². The predicted molar refractivity (Wildman–Crippen MR) is 43.5 cm³/mol. The molecule has 2 aliphatic rings. The van der Waals surface area contributed by atoms with Crippen molar-refractivity contribution >= 4 is 6.29 Å². The first-order valence-electron chi connectivity index (χ1n) is 4.56. The van der Waals surface area contributed by atoms with Gasteiger partial charge in [0.25, 0.3) is 0 Å². The molecule has 0 radical (unpaired) electrons. The molecule has 2 saturated heterocycles. The van der Waals surface area contributed by atoms with Gasteiger partial charge in [-0.2, -0.15) is 0 Å². The van der Waals surface area contributed by atoms with Crippen LogP contribution in [0.1, 0.15) is 32.1 Å². The number of aldehydes is 1. The van der Waals surface area contributed by atoms with Gasteiger partial charge in [-0.15, -0.1) is 0 Å². The number of nitrogens with zero attached hydrogens (tertiary/aromatic N) is 1. The zero-order chi connectivity index (χ0) is 7.73. The molecule has 0 aliphatic carbocycles. The Morgan fingerprint density at radius 1 is 1.27 bits per heavy atom. The van der Waals surface area contributed by atoms with Crippen LogP contribution in [0.4, 0.5) is 0 Å². The van der Waals surface area contributed by atoms with Gasteiger partial charge in [-0.25, -0.2) is 0 Å². The highest BCUT2D eigenvalue weighted by molar-refractivity contribution is 5.52. The number of rotatable bonds is 2. The highest BCUT2D eigenvalue weighted by Crippen LogP contribution is 2.40. The molecule has 2 nitrogen and oxygen atoms in total. The van der Waals surface area contributed by atoms with E-state index >= 15 is 0 Å². The molecule has 0 atom stereocenters. The van der Waals surface area contributed by atoms with Crippen LogP contribution >= 0.6 is 0 Å². The summed E-state index contributed by atoms with van der Waals surface area (Å²) in [4.78, 5) is 13.0. The number of hydrogen-bond donors (Lipinski definition) is 0. The van der Waals surface area contributed by atoms with Crippen molar-refractivity contribution in [3.63, 3.8) is 0 Å². The summed E-state index contributed by atoms with van der Waals surface area (Å²) < 4.78 is 0. The molecule has 0 unspecified atom stereocenters. The molecule has 0 spiro atoms. The molecular formula is C9H15NO. The average Bonchev–Trinajstić information content (AvgIpc) is 2.45. The first-order chi connectivity index (χ1) is 5.37. The smallest absolute Gasteiger partial charge is 0.121 e. The van der Waals surface area contributed by atoms with Crippen molar-refractivity contribution in [1.82, 2.24) is 4.90 Å². The minimum Gasteiger partial charge on any atom is -0.303 e. The lowest BCUT2D eigenvalue weighted by Gasteiger charge is -2.29. The zero-order valence-corrected chi connectivity index (χ0v) is 6.88. The Kier molecular flexibility index (Phi) is 1.72. The molecular weight excluding hydrogens is 138 g/mol. The lowest BCUT2D eigenvalue weighted by atomic mass is 9.91. The second-order valence-electron chi connectivity index (χ2n) is 3.79. The maximum Gasteiger partial charge on any atom is 0.121 e. The molecule has 2 heterocycles. The van der Waals surface area contributed by atoms with E-state index in [2.05, 4.69) is 4.90 Å². The second-order valence-corrected chi connectivity index (χ2v) is 3.79. The maximum atomic E-state index is 10.5. The molecule has 0 aromatic carbocycles. The SMILES string of the molecule is O=CCC12CCCN1CCC2. The van der Waals surface area contributed by atoms with Crippen molar-refractivity contribution in [2.75, 3.05) is 13.1 Å². The van der Waals surface area contributed by atoms with Crippen LogP contribution in [0.5, 0.6) is 0 Å². The molecule has 2 fully saturated rings. The molecule has 11 heavy (non-hydrogen) atoms. The van der Waals surface area contributed by atoms with Gasteiger partial charge in [0.2, 0.25) is 0 Å². The lowest BCUT2D eigenvalue weighted by Crippen LogP contribution is -2.38. The number of hydrogen-bond acceptors (Lipinski definition) is 2. The third kappa shape index (κ3) is 1.00. The summed E-state index contributed by atoms with van der Waals surface area (Å²) in [5.41, 5.74) is 0.321. The van der Waals surface area contributed by atoms with Crippen LogP contribution in [-0.2, 0) is 4.79 Å². The van der Waals surface area contributed by atoms with Gasteiger partial charge in [0.05, 0.1) is 0 Å². The van der Waals surface area contributed by atoms with Gasteiger partial charge in [-0.05, 0) is 38.8 Å². The first kappa shape index (κ1) is 7.29. The number of carbonyl (C=O) groups excluding carboxylic acids is 1. The molecule has 0 N–H and O–H groups in total. The Balaban J connectivity index is 2.13. The summed E-state index contributed by atoms with van der Waals surface area (Å²) in [5.74, 6) is 0. The zero-order valence-electron chi connectivity index (χ0n) is 6.88. The van der Waals surface area contributed by atoms with Crippen molar-refractivity contribution in [2.45, 2.75) is 37.6 Å². The number of fused-ring (bicyclic) bond motifs is 1. The van der Waals surface area contributed by atoms with E-state index in [1.165, 1.54) is 38.8 Å². The molecule has 0 aromatic rings. The average molecular weight is 153 g/mol. The maximum absolute atomic E-state index is 10.5. The standard InChI is InChI=1S/C9H15NO/c11-8-5-9-3-1-6-10(9)7-2-4-9/h8H,1-7H2. The summed E-state index contributed by atoms with van der Waals surface area (Å²) >= 11 is 0. The fourth-order valence-corrected chi connectivity index (χ4v) is 2.71. The molecule has 0 saturated carbocycles. The van der Waals surface area contributed by atoms with Crippen LogP contribution < -0.4 is 0 Å². The van der Waals surface area contributed by atoms with Crippen LogP contribution in [0.15, 0.2) is 0 Å². The van der Waals surface area contributed by atoms with Crippen molar-refractivity contribution in [1.29, 1.82) is 0 Å². The minimum atomic E-state index is 0.321. The van der Waals surface area contributed by atoms with E-state index in [1.54, 1.807) is 0 Å². The van der Waals surface area contributed by atoms with E-state index in [1.807, 2.05) is 0 Å². The minimum absolute atomic E-state index is 0.321. The van der Waals surface area contributed by atoms with Crippen LogP contribution in [-0.4, -0.2) is 29.8 Å². The molecule has 2 heteroatoms. The Morgan fingerprint density at radius 2 is 1.91 bits per heavy atom. The van der Waals surface area contributed by atoms with Crippen molar-refractivity contribution in [3.8, 4) is 0 Å². The lowest BCUT2D eigenvalue weighted by molar-refractivity contribution is -0.109. The van der Waals surface area contributed by atoms with Gasteiger partial charge in [-0.1, -0.05) is 0 Å². The van der Waals surface area contributed by atoms with Gasteiger partial charge in [0.1, 0.15) is 6.29 Å². The van der Waals surface area contributed by atoms with Crippen LogP contribution in [0.25, 0.3) is 0 Å². The van der Waals surface area contributed by atoms with E-state index < -0.39 is 0 Å². The van der Waals surface area contributed by atoms with Crippen molar-refractivity contribution in [2.24, 2.45) is 0 Å². The summed E-state index contributed by atoms with van der Waals surface area (Å²) in [5, 5.41) is 0. The quantitative estimate of drug-likeness (QED) is 0.556. The molecule has 0 amide bonds. The summed E-state index contributed by atoms with van der Waals surface area (Å²) in [7, 11) is 0. The Labute approximate surface area is 67.6 Å². The fourth-order valence-electron chi connectivity index (χ4n) is 2.71. The molecule has 62 valence electrons. The summed E-state index contributed by atoms with van der Waals surface area (Å²) in [6.07, 6.45) is 6.98. The Morgan fingerprint density at radius 3 is 2.45 bits per heavy atom. The van der Waals surface area contributed by atoms with Crippen LogP contribution in [0.3, 0.4) is 0 Å². The number of carbonyl (C=O) groups is 1. The Bertz CT molecular complexity index is 157. The molecule has 0 bridgehead atoms. The van der Waals surface area contributed by atoms with Crippen molar-refractivity contribution in [3.05, 3.63) is 0 Å². The van der Waals surface area contributed by atoms with Crippen molar-refractivity contribution < 1.29 is 4.79 Å². The Hall–Kier alpha value is -0.370. The first-order valence-corrected chi connectivity index (χ1v) is 4.56. The summed E-state index contributed by atoms with van der Waals surface area (Å²) in [6, 6.07) is 0. The third-order valence-corrected chi connectivity index (χ3v) is 3.27. The normalized spacial score (nSPS) is 28.7. The fraction of sp³-hybridized carbons (Fsp3) is 0.889. The van der Waals surface area contributed by atoms with Gasteiger partial charge in [0, 0.05) is 12.0 Å².